The van der Waals surface area contributed by atoms with Crippen molar-refractivity contribution < 1.29 is 18.3 Å². The van der Waals surface area contributed by atoms with Crippen molar-refractivity contribution in [3.8, 4) is 0 Å². The first-order valence-electron chi connectivity index (χ1n) is 7.44. The Hall–Kier alpha value is -1.07. The molecule has 1 saturated carbocycles. The van der Waals surface area contributed by atoms with E-state index in [-0.39, 0.29) is 5.56 Å². The maximum atomic E-state index is 13.0. The lowest BCUT2D eigenvalue weighted by atomic mass is 9.84. The summed E-state index contributed by atoms with van der Waals surface area (Å²) in [6, 6.07) is 5.15. The number of rotatable bonds is 4. The molecule has 1 atom stereocenters. The van der Waals surface area contributed by atoms with Crippen LogP contribution in [0, 0.1) is 0 Å². The molecule has 21 heavy (non-hydrogen) atoms. The number of aliphatic hydroxyl groups is 1. The molecule has 1 aromatic carbocycles. The van der Waals surface area contributed by atoms with E-state index in [1.165, 1.54) is 12.1 Å². The number of alkyl halides is 3. The highest BCUT2D eigenvalue weighted by Gasteiger charge is 2.35. The molecule has 0 saturated heterocycles. The Bertz CT molecular complexity index is 467. The van der Waals surface area contributed by atoms with Gasteiger partial charge in [0, 0.05) is 12.6 Å². The molecule has 2 N–H and O–H groups in total. The van der Waals surface area contributed by atoms with E-state index in [9.17, 15) is 18.3 Å². The van der Waals surface area contributed by atoms with E-state index in [1.807, 2.05) is 0 Å². The van der Waals surface area contributed by atoms with Gasteiger partial charge in [0.05, 0.1) is 11.2 Å². The Labute approximate surface area is 123 Å². The van der Waals surface area contributed by atoms with Gasteiger partial charge < -0.3 is 10.4 Å². The molecule has 1 aliphatic rings. The van der Waals surface area contributed by atoms with Crippen LogP contribution in [0.4, 0.5) is 13.2 Å². The first-order valence-corrected chi connectivity index (χ1v) is 7.44. The lowest BCUT2D eigenvalue weighted by Gasteiger charge is -2.33. The van der Waals surface area contributed by atoms with Gasteiger partial charge in [-0.3, -0.25) is 0 Å². The molecule has 2 nitrogen and oxygen atoms in total. The summed E-state index contributed by atoms with van der Waals surface area (Å²) in [6.07, 6.45) is 0.154. The molecule has 5 heteroatoms. The van der Waals surface area contributed by atoms with Gasteiger partial charge in [-0.05, 0) is 31.4 Å². The quantitative estimate of drug-likeness (QED) is 0.879. The zero-order chi connectivity index (χ0) is 15.5. The van der Waals surface area contributed by atoms with Crippen molar-refractivity contribution in [2.45, 2.75) is 56.8 Å². The molecule has 0 amide bonds. The Kier molecular flexibility index (Phi) is 4.94. The second kappa shape index (κ2) is 6.36. The van der Waals surface area contributed by atoms with Crippen LogP contribution in [0.25, 0.3) is 0 Å². The average molecular weight is 301 g/mol. The van der Waals surface area contributed by atoms with Crippen LogP contribution in [0.1, 0.15) is 56.2 Å². The second-order valence-corrected chi connectivity index (χ2v) is 5.97. The lowest BCUT2D eigenvalue weighted by molar-refractivity contribution is -0.138. The van der Waals surface area contributed by atoms with Crippen molar-refractivity contribution >= 4 is 0 Å². The van der Waals surface area contributed by atoms with E-state index in [2.05, 4.69) is 5.32 Å². The molecule has 1 aliphatic carbocycles. The Balaban J connectivity index is 2.05. The van der Waals surface area contributed by atoms with Crippen molar-refractivity contribution in [1.82, 2.24) is 5.32 Å². The zero-order valence-electron chi connectivity index (χ0n) is 12.2. The summed E-state index contributed by atoms with van der Waals surface area (Å²) >= 11 is 0. The predicted octanol–water partition coefficient (Wildman–Crippen LogP) is 4.05. The summed E-state index contributed by atoms with van der Waals surface area (Å²) in [5.74, 6) is 0. The molecule has 2 rings (SSSR count). The van der Waals surface area contributed by atoms with Crippen molar-refractivity contribution in [1.29, 1.82) is 0 Å². The molecular formula is C16H22F3NO. The van der Waals surface area contributed by atoms with Gasteiger partial charge in [0.25, 0.3) is 0 Å². The third-order valence-electron chi connectivity index (χ3n) is 4.25. The van der Waals surface area contributed by atoms with Crippen LogP contribution in [-0.4, -0.2) is 17.3 Å². The minimum atomic E-state index is -4.35. The van der Waals surface area contributed by atoms with Crippen LogP contribution in [0.3, 0.4) is 0 Å². The molecule has 1 unspecified atom stereocenters. The smallest absolute Gasteiger partial charge is 0.389 e. The highest BCUT2D eigenvalue weighted by molar-refractivity contribution is 5.32. The van der Waals surface area contributed by atoms with Crippen LogP contribution in [0.15, 0.2) is 24.3 Å². The fourth-order valence-corrected chi connectivity index (χ4v) is 2.97. The van der Waals surface area contributed by atoms with Crippen LogP contribution in [0.2, 0.25) is 0 Å². The molecule has 0 aromatic heterocycles. The van der Waals surface area contributed by atoms with Gasteiger partial charge in [-0.2, -0.15) is 13.2 Å². The third-order valence-corrected chi connectivity index (χ3v) is 4.25. The standard InChI is InChI=1S/C16H22F3NO/c1-12(20-11-15(21)9-5-2-6-10-15)13-7-3-4-8-14(13)16(17,18)19/h3-4,7-8,12,20-21H,2,5-6,9-11H2,1H3. The van der Waals surface area contributed by atoms with E-state index in [0.29, 0.717) is 19.4 Å². The van der Waals surface area contributed by atoms with Crippen molar-refractivity contribution in [2.75, 3.05) is 6.54 Å². The minimum absolute atomic E-state index is 0.226. The molecule has 118 valence electrons. The van der Waals surface area contributed by atoms with Gasteiger partial charge >= 0.3 is 6.18 Å². The minimum Gasteiger partial charge on any atom is -0.389 e. The van der Waals surface area contributed by atoms with Gasteiger partial charge in [-0.15, -0.1) is 0 Å². The number of hydrogen-bond donors (Lipinski definition) is 2. The van der Waals surface area contributed by atoms with Crippen LogP contribution in [-0.2, 0) is 6.18 Å². The number of benzene rings is 1. The summed E-state index contributed by atoms with van der Waals surface area (Å²) in [4.78, 5) is 0. The normalized spacial score (nSPS) is 20.2. The zero-order valence-corrected chi connectivity index (χ0v) is 12.2. The van der Waals surface area contributed by atoms with Gasteiger partial charge in [-0.25, -0.2) is 0 Å². The fraction of sp³-hybridized carbons (Fsp3) is 0.625. The van der Waals surface area contributed by atoms with Crippen molar-refractivity contribution in [3.05, 3.63) is 35.4 Å². The van der Waals surface area contributed by atoms with E-state index < -0.39 is 23.4 Å². The third kappa shape index (κ3) is 4.20. The average Bonchev–Trinajstić information content (AvgIpc) is 2.45. The van der Waals surface area contributed by atoms with E-state index in [4.69, 9.17) is 0 Å². The Morgan fingerprint density at radius 1 is 1.19 bits per heavy atom. The highest BCUT2D eigenvalue weighted by Crippen LogP contribution is 2.35. The summed E-state index contributed by atoms with van der Waals surface area (Å²) in [5.41, 5.74) is -1.16. The van der Waals surface area contributed by atoms with Crippen LogP contribution >= 0.6 is 0 Å². The monoisotopic (exact) mass is 301 g/mol. The van der Waals surface area contributed by atoms with Crippen molar-refractivity contribution in [3.63, 3.8) is 0 Å². The fourth-order valence-electron chi connectivity index (χ4n) is 2.97. The predicted molar refractivity (Wildman–Crippen MR) is 75.9 cm³/mol. The van der Waals surface area contributed by atoms with Gasteiger partial charge in [0.15, 0.2) is 0 Å². The number of nitrogens with one attached hydrogen (secondary N) is 1. The maximum absolute atomic E-state index is 13.0. The maximum Gasteiger partial charge on any atom is 0.416 e. The van der Waals surface area contributed by atoms with E-state index in [1.54, 1.807) is 13.0 Å². The van der Waals surface area contributed by atoms with Gasteiger partial charge in [0.2, 0.25) is 0 Å². The van der Waals surface area contributed by atoms with Crippen LogP contribution in [0.5, 0.6) is 0 Å². The first kappa shape index (κ1) is 16.3. The lowest BCUT2D eigenvalue weighted by Crippen LogP contribution is -2.43. The number of hydrogen-bond acceptors (Lipinski definition) is 2. The summed E-state index contributed by atoms with van der Waals surface area (Å²) in [6.45, 7) is 2.04. The molecule has 0 radical (unpaired) electrons. The Morgan fingerprint density at radius 2 is 1.81 bits per heavy atom. The number of halogens is 3. The summed E-state index contributed by atoms with van der Waals surface area (Å²) in [7, 11) is 0. The van der Waals surface area contributed by atoms with E-state index >= 15 is 0 Å². The van der Waals surface area contributed by atoms with Crippen molar-refractivity contribution in [2.24, 2.45) is 0 Å². The second-order valence-electron chi connectivity index (χ2n) is 5.97. The first-order chi connectivity index (χ1) is 9.82. The molecule has 0 aliphatic heterocycles. The van der Waals surface area contributed by atoms with E-state index in [0.717, 1.165) is 25.3 Å². The summed E-state index contributed by atoms with van der Waals surface area (Å²) in [5, 5.41) is 13.5. The summed E-state index contributed by atoms with van der Waals surface area (Å²) < 4.78 is 39.0. The molecule has 0 heterocycles. The van der Waals surface area contributed by atoms with Gasteiger partial charge in [-0.1, -0.05) is 37.5 Å². The van der Waals surface area contributed by atoms with Gasteiger partial charge in [0.1, 0.15) is 0 Å². The SMILES string of the molecule is CC(NCC1(O)CCCCC1)c1ccccc1C(F)(F)F. The highest BCUT2D eigenvalue weighted by atomic mass is 19.4. The molecule has 0 spiro atoms. The Morgan fingerprint density at radius 3 is 2.43 bits per heavy atom. The topological polar surface area (TPSA) is 32.3 Å². The molecule has 1 fully saturated rings. The molecule has 1 aromatic rings. The molecular weight excluding hydrogens is 279 g/mol. The molecule has 0 bridgehead atoms. The van der Waals surface area contributed by atoms with Crippen LogP contribution < -0.4 is 5.32 Å². The largest absolute Gasteiger partial charge is 0.416 e.